The molecule has 1 aliphatic heterocycles. The second-order valence-electron chi connectivity index (χ2n) is 7.23. The molecule has 5 heteroatoms. The molecule has 2 aromatic rings. The van der Waals surface area contributed by atoms with Gasteiger partial charge in [0.2, 0.25) is 11.8 Å². The molecule has 1 N–H and O–H groups in total. The molecule has 0 aliphatic carbocycles. The van der Waals surface area contributed by atoms with Crippen LogP contribution in [0.1, 0.15) is 37.0 Å². The molecule has 0 spiro atoms. The first-order chi connectivity index (χ1) is 13.5. The molecule has 1 aliphatic rings. The molecule has 28 heavy (non-hydrogen) atoms. The van der Waals surface area contributed by atoms with E-state index in [0.717, 1.165) is 35.2 Å². The van der Waals surface area contributed by atoms with E-state index in [1.807, 2.05) is 31.2 Å². The van der Waals surface area contributed by atoms with Crippen molar-refractivity contribution in [3.63, 3.8) is 0 Å². The van der Waals surface area contributed by atoms with E-state index < -0.39 is 0 Å². The molecule has 148 valence electrons. The number of nitrogens with one attached hydrogen (secondary N) is 1. The molecule has 2 amide bonds. The predicted octanol–water partition coefficient (Wildman–Crippen LogP) is 4.12. The summed E-state index contributed by atoms with van der Waals surface area (Å²) >= 11 is 0. The first-order valence-electron chi connectivity index (χ1n) is 9.85. The number of rotatable bonds is 6. The van der Waals surface area contributed by atoms with Crippen molar-refractivity contribution in [1.29, 1.82) is 0 Å². The average molecular weight is 380 g/mol. The van der Waals surface area contributed by atoms with E-state index in [9.17, 15) is 9.59 Å². The van der Waals surface area contributed by atoms with Gasteiger partial charge < -0.3 is 15.0 Å². The standard InChI is InChI=1S/C23H28N2O3/c1-5-16-8-7-9-17(6-2)22(16)25-14-18(13-21(25)26)23(27)24-19-12-15(3)10-11-20(19)28-4/h7-12,18H,5-6,13-14H2,1-4H3,(H,24,27). The van der Waals surface area contributed by atoms with Crippen LogP contribution in [-0.4, -0.2) is 25.5 Å². The summed E-state index contributed by atoms with van der Waals surface area (Å²) in [6.07, 6.45) is 1.93. The summed E-state index contributed by atoms with van der Waals surface area (Å²) in [5.41, 5.74) is 4.95. The predicted molar refractivity (Wildman–Crippen MR) is 112 cm³/mol. The SMILES string of the molecule is CCc1cccc(CC)c1N1CC(C(=O)Nc2cc(C)ccc2OC)CC1=O. The summed E-state index contributed by atoms with van der Waals surface area (Å²) in [6.45, 7) is 6.55. The van der Waals surface area contributed by atoms with Crippen LogP contribution < -0.4 is 15.0 Å². The number of methoxy groups -OCH3 is 1. The Morgan fingerprint density at radius 2 is 1.86 bits per heavy atom. The molecule has 5 nitrogen and oxygen atoms in total. The molecule has 1 atom stereocenters. The Morgan fingerprint density at radius 1 is 1.18 bits per heavy atom. The fourth-order valence-corrected chi connectivity index (χ4v) is 3.82. The van der Waals surface area contributed by atoms with E-state index >= 15 is 0 Å². The number of carbonyl (C=O) groups is 2. The molecule has 1 fully saturated rings. The Balaban J connectivity index is 1.82. The normalized spacial score (nSPS) is 16.4. The maximum absolute atomic E-state index is 12.9. The monoisotopic (exact) mass is 380 g/mol. The van der Waals surface area contributed by atoms with Crippen LogP contribution in [0.5, 0.6) is 5.75 Å². The molecular weight excluding hydrogens is 352 g/mol. The first-order valence-corrected chi connectivity index (χ1v) is 9.85. The third-order valence-corrected chi connectivity index (χ3v) is 5.34. The van der Waals surface area contributed by atoms with Gasteiger partial charge in [-0.25, -0.2) is 0 Å². The van der Waals surface area contributed by atoms with Crippen LogP contribution in [0.2, 0.25) is 0 Å². The fourth-order valence-electron chi connectivity index (χ4n) is 3.82. The maximum atomic E-state index is 12.9. The molecule has 2 aromatic carbocycles. The van der Waals surface area contributed by atoms with Gasteiger partial charge in [0.15, 0.2) is 0 Å². The lowest BCUT2D eigenvalue weighted by Gasteiger charge is -2.23. The number of ether oxygens (including phenoxy) is 1. The van der Waals surface area contributed by atoms with E-state index in [1.54, 1.807) is 12.0 Å². The Hall–Kier alpha value is -2.82. The second kappa shape index (κ2) is 8.46. The summed E-state index contributed by atoms with van der Waals surface area (Å²) < 4.78 is 5.34. The van der Waals surface area contributed by atoms with Gasteiger partial charge in [0.1, 0.15) is 5.75 Å². The van der Waals surface area contributed by atoms with Crippen molar-refractivity contribution in [3.8, 4) is 5.75 Å². The summed E-state index contributed by atoms with van der Waals surface area (Å²) in [5, 5.41) is 2.95. The number of hydrogen-bond donors (Lipinski definition) is 1. The van der Waals surface area contributed by atoms with Gasteiger partial charge in [-0.1, -0.05) is 38.1 Å². The van der Waals surface area contributed by atoms with Crippen molar-refractivity contribution in [2.75, 3.05) is 23.9 Å². The topological polar surface area (TPSA) is 58.6 Å². The van der Waals surface area contributed by atoms with Gasteiger partial charge in [0, 0.05) is 18.7 Å². The van der Waals surface area contributed by atoms with Crippen molar-refractivity contribution in [2.45, 2.75) is 40.0 Å². The van der Waals surface area contributed by atoms with E-state index in [-0.39, 0.29) is 24.2 Å². The highest BCUT2D eigenvalue weighted by Crippen LogP contribution is 2.33. The van der Waals surface area contributed by atoms with Crippen molar-refractivity contribution in [1.82, 2.24) is 0 Å². The van der Waals surface area contributed by atoms with Crippen LogP contribution in [0.3, 0.4) is 0 Å². The zero-order valence-corrected chi connectivity index (χ0v) is 17.0. The minimum atomic E-state index is -0.382. The molecule has 1 unspecified atom stereocenters. The van der Waals surface area contributed by atoms with Gasteiger partial charge in [0.25, 0.3) is 0 Å². The van der Waals surface area contributed by atoms with E-state index in [2.05, 4.69) is 31.3 Å². The van der Waals surface area contributed by atoms with Crippen LogP contribution in [0.15, 0.2) is 36.4 Å². The molecule has 0 saturated carbocycles. The zero-order chi connectivity index (χ0) is 20.3. The molecule has 3 rings (SSSR count). The molecule has 0 radical (unpaired) electrons. The lowest BCUT2D eigenvalue weighted by molar-refractivity contribution is -0.122. The highest BCUT2D eigenvalue weighted by atomic mass is 16.5. The van der Waals surface area contributed by atoms with Gasteiger partial charge in [-0.05, 0) is 48.6 Å². The average Bonchev–Trinajstić information content (AvgIpc) is 3.08. The van der Waals surface area contributed by atoms with E-state index in [1.165, 1.54) is 0 Å². The third-order valence-electron chi connectivity index (χ3n) is 5.34. The number of aryl methyl sites for hydroxylation is 3. The van der Waals surface area contributed by atoms with Crippen LogP contribution >= 0.6 is 0 Å². The van der Waals surface area contributed by atoms with Crippen molar-refractivity contribution in [3.05, 3.63) is 53.1 Å². The minimum absolute atomic E-state index is 0.00644. The number of benzene rings is 2. The van der Waals surface area contributed by atoms with Crippen molar-refractivity contribution in [2.24, 2.45) is 5.92 Å². The van der Waals surface area contributed by atoms with Crippen LogP contribution in [-0.2, 0) is 22.4 Å². The van der Waals surface area contributed by atoms with Crippen LogP contribution in [0.25, 0.3) is 0 Å². The van der Waals surface area contributed by atoms with Gasteiger partial charge in [-0.3, -0.25) is 9.59 Å². The van der Waals surface area contributed by atoms with Crippen molar-refractivity contribution < 1.29 is 14.3 Å². The van der Waals surface area contributed by atoms with Crippen molar-refractivity contribution >= 4 is 23.2 Å². The lowest BCUT2D eigenvalue weighted by atomic mass is 10.0. The largest absolute Gasteiger partial charge is 0.495 e. The molecular formula is C23H28N2O3. The Morgan fingerprint density at radius 3 is 2.46 bits per heavy atom. The van der Waals surface area contributed by atoms with E-state index in [4.69, 9.17) is 4.74 Å². The van der Waals surface area contributed by atoms with Gasteiger partial charge in [-0.15, -0.1) is 0 Å². The highest BCUT2D eigenvalue weighted by Gasteiger charge is 2.36. The van der Waals surface area contributed by atoms with Gasteiger partial charge >= 0.3 is 0 Å². The zero-order valence-electron chi connectivity index (χ0n) is 17.0. The number of anilines is 2. The molecule has 0 bridgehead atoms. The summed E-state index contributed by atoms with van der Waals surface area (Å²) in [6, 6.07) is 11.8. The smallest absolute Gasteiger partial charge is 0.229 e. The fraction of sp³-hybridized carbons (Fsp3) is 0.391. The number of carbonyl (C=O) groups excluding carboxylic acids is 2. The van der Waals surface area contributed by atoms with Crippen LogP contribution in [0, 0.1) is 12.8 Å². The molecule has 0 aromatic heterocycles. The molecule has 1 saturated heterocycles. The van der Waals surface area contributed by atoms with Gasteiger partial charge in [-0.2, -0.15) is 0 Å². The Labute approximate surface area is 166 Å². The maximum Gasteiger partial charge on any atom is 0.229 e. The number of nitrogens with zero attached hydrogens (tertiary/aromatic N) is 1. The quantitative estimate of drug-likeness (QED) is 0.820. The second-order valence-corrected chi connectivity index (χ2v) is 7.23. The Kier molecular flexibility index (Phi) is 6.02. The number of hydrogen-bond acceptors (Lipinski definition) is 3. The Bertz CT molecular complexity index is 869. The first kappa shape index (κ1) is 19.9. The highest BCUT2D eigenvalue weighted by molar-refractivity contribution is 6.04. The summed E-state index contributed by atoms with van der Waals surface area (Å²) in [4.78, 5) is 27.5. The van der Waals surface area contributed by atoms with Crippen LogP contribution in [0.4, 0.5) is 11.4 Å². The summed E-state index contributed by atoms with van der Waals surface area (Å²) in [7, 11) is 1.58. The molecule has 1 heterocycles. The summed E-state index contributed by atoms with van der Waals surface area (Å²) in [5.74, 6) is 0.0933. The number of amides is 2. The van der Waals surface area contributed by atoms with Gasteiger partial charge in [0.05, 0.1) is 18.7 Å². The number of para-hydroxylation sites is 1. The third kappa shape index (κ3) is 3.88. The minimum Gasteiger partial charge on any atom is -0.495 e. The van der Waals surface area contributed by atoms with E-state index in [0.29, 0.717) is 18.0 Å². The lowest BCUT2D eigenvalue weighted by Crippen LogP contribution is -2.29.